The number of nitrogens with zero attached hydrogens (tertiary/aromatic N) is 3. The first-order valence-electron chi connectivity index (χ1n) is 11.6. The molecule has 2 aromatic heterocycles. The second kappa shape index (κ2) is 11.0. The maximum Gasteiger partial charge on any atom is 0.261 e. The summed E-state index contributed by atoms with van der Waals surface area (Å²) in [5, 5.41) is 15.9. The number of pyridine rings is 1. The van der Waals surface area contributed by atoms with E-state index < -0.39 is 6.10 Å². The Morgan fingerprint density at radius 1 is 1.03 bits per heavy atom. The molecule has 186 valence electrons. The predicted molar refractivity (Wildman–Crippen MR) is 138 cm³/mol. The molecule has 0 spiro atoms. The average Bonchev–Trinajstić information content (AvgIpc) is 2.87. The Morgan fingerprint density at radius 3 is 2.58 bits per heavy atom. The maximum atomic E-state index is 12.4. The number of aliphatic hydroxyl groups excluding tert-OH is 1. The summed E-state index contributed by atoms with van der Waals surface area (Å²) >= 11 is 0. The maximum absolute atomic E-state index is 12.4. The number of aryl methyl sites for hydroxylation is 2. The third kappa shape index (κ3) is 5.87. The fourth-order valence-corrected chi connectivity index (χ4v) is 3.54. The van der Waals surface area contributed by atoms with Crippen molar-refractivity contribution in [2.75, 3.05) is 11.9 Å². The number of carbonyl (C=O) groups excluding carboxylic acids is 1. The molecule has 0 fully saturated rings. The Morgan fingerprint density at radius 2 is 1.86 bits per heavy atom. The van der Waals surface area contributed by atoms with Crippen molar-refractivity contribution in [2.24, 2.45) is 0 Å². The van der Waals surface area contributed by atoms with Crippen LogP contribution in [-0.4, -0.2) is 44.7 Å². The second-order valence-electron chi connectivity index (χ2n) is 8.57. The molecule has 0 saturated carbocycles. The van der Waals surface area contributed by atoms with Crippen LogP contribution >= 0.6 is 0 Å². The molecule has 9 heteroatoms. The Balaban J connectivity index is 1.57. The van der Waals surface area contributed by atoms with Gasteiger partial charge < -0.3 is 25.2 Å². The minimum Gasteiger partial charge on any atom is -0.480 e. The number of hydrogen-bond donors (Lipinski definition) is 3. The Bertz CT molecular complexity index is 1360. The molecule has 0 unspecified atom stereocenters. The third-order valence-electron chi connectivity index (χ3n) is 5.51. The highest BCUT2D eigenvalue weighted by atomic mass is 16.5. The lowest BCUT2D eigenvalue weighted by atomic mass is 10.1. The van der Waals surface area contributed by atoms with Crippen LogP contribution in [0.5, 0.6) is 17.2 Å². The van der Waals surface area contributed by atoms with Crippen LogP contribution in [0.3, 0.4) is 0 Å². The molecule has 9 nitrogen and oxygen atoms in total. The molecule has 2 heterocycles. The first-order valence-corrected chi connectivity index (χ1v) is 11.6. The van der Waals surface area contributed by atoms with E-state index in [1.165, 1.54) is 6.33 Å². The number of benzene rings is 2. The number of fused-ring (bicyclic) bond motifs is 1. The lowest BCUT2D eigenvalue weighted by Crippen LogP contribution is -2.42. The number of carbonyl (C=O) groups is 1. The van der Waals surface area contributed by atoms with Crippen molar-refractivity contribution in [3.8, 4) is 17.2 Å². The van der Waals surface area contributed by atoms with E-state index in [2.05, 4.69) is 25.6 Å². The van der Waals surface area contributed by atoms with Crippen LogP contribution in [-0.2, 0) is 4.79 Å². The zero-order valence-corrected chi connectivity index (χ0v) is 20.6. The van der Waals surface area contributed by atoms with Gasteiger partial charge in [0.15, 0.2) is 6.10 Å². The van der Waals surface area contributed by atoms with Gasteiger partial charge in [0, 0.05) is 17.4 Å². The topological polar surface area (TPSA) is 118 Å². The standard InChI is InChI=1S/C27H29N5O4/c1-16-12-20(9-11-23(16)36-21-10-8-17(2)28-13-21)32-26-25-22(29-15-30-26)6-5-7-24(25)35-19(4)27(34)31-18(3)14-33/h5-13,15,18-19,33H,14H2,1-4H3,(H,31,34)(H,29,30,32)/t18-,19+/m0/s1. The van der Waals surface area contributed by atoms with Gasteiger partial charge in [-0.2, -0.15) is 0 Å². The van der Waals surface area contributed by atoms with E-state index >= 15 is 0 Å². The van der Waals surface area contributed by atoms with Crippen LogP contribution in [0.4, 0.5) is 11.5 Å². The average molecular weight is 488 g/mol. The summed E-state index contributed by atoms with van der Waals surface area (Å²) in [6, 6.07) is 14.6. The number of ether oxygens (including phenoxy) is 2. The first-order chi connectivity index (χ1) is 17.3. The van der Waals surface area contributed by atoms with Gasteiger partial charge in [-0.3, -0.25) is 9.78 Å². The van der Waals surface area contributed by atoms with E-state index in [-0.39, 0.29) is 18.6 Å². The van der Waals surface area contributed by atoms with E-state index in [1.807, 2.05) is 56.3 Å². The van der Waals surface area contributed by atoms with Gasteiger partial charge in [0.05, 0.1) is 23.7 Å². The second-order valence-corrected chi connectivity index (χ2v) is 8.57. The molecular weight excluding hydrogens is 458 g/mol. The van der Waals surface area contributed by atoms with Crippen LogP contribution in [0.15, 0.2) is 61.1 Å². The third-order valence-corrected chi connectivity index (χ3v) is 5.51. The Hall–Kier alpha value is -4.24. The molecule has 0 radical (unpaired) electrons. The monoisotopic (exact) mass is 487 g/mol. The van der Waals surface area contributed by atoms with Crippen LogP contribution in [0.2, 0.25) is 0 Å². The summed E-state index contributed by atoms with van der Waals surface area (Å²) in [5.74, 6) is 2.08. The van der Waals surface area contributed by atoms with Crippen LogP contribution in [0, 0.1) is 13.8 Å². The predicted octanol–water partition coefficient (Wildman–Crippen LogP) is 4.44. The highest BCUT2D eigenvalue weighted by Gasteiger charge is 2.19. The van der Waals surface area contributed by atoms with Gasteiger partial charge >= 0.3 is 0 Å². The van der Waals surface area contributed by atoms with Crippen molar-refractivity contribution in [1.29, 1.82) is 0 Å². The molecule has 0 saturated heterocycles. The molecular formula is C27H29N5O4. The van der Waals surface area contributed by atoms with Crippen LogP contribution in [0.25, 0.3) is 10.9 Å². The van der Waals surface area contributed by atoms with Crippen molar-refractivity contribution >= 4 is 28.3 Å². The minimum absolute atomic E-state index is 0.153. The summed E-state index contributed by atoms with van der Waals surface area (Å²) in [4.78, 5) is 25.5. The first kappa shape index (κ1) is 24.9. The summed E-state index contributed by atoms with van der Waals surface area (Å²) in [7, 11) is 0. The quantitative estimate of drug-likeness (QED) is 0.317. The zero-order chi connectivity index (χ0) is 25.7. The summed E-state index contributed by atoms with van der Waals surface area (Å²) < 4.78 is 12.0. The molecule has 4 rings (SSSR count). The van der Waals surface area contributed by atoms with Crippen molar-refractivity contribution < 1.29 is 19.4 Å². The van der Waals surface area contributed by atoms with Gasteiger partial charge in [-0.25, -0.2) is 9.97 Å². The summed E-state index contributed by atoms with van der Waals surface area (Å²) in [5.41, 5.74) is 3.33. The molecule has 1 amide bonds. The van der Waals surface area contributed by atoms with Crippen molar-refractivity contribution in [3.63, 3.8) is 0 Å². The molecule has 0 aliphatic carbocycles. The normalized spacial score (nSPS) is 12.6. The van der Waals surface area contributed by atoms with Crippen LogP contribution in [0.1, 0.15) is 25.1 Å². The van der Waals surface area contributed by atoms with Gasteiger partial charge in [0.25, 0.3) is 5.91 Å². The van der Waals surface area contributed by atoms with Crippen molar-refractivity contribution in [1.82, 2.24) is 20.3 Å². The number of anilines is 2. The van der Waals surface area contributed by atoms with Crippen molar-refractivity contribution in [2.45, 2.75) is 39.8 Å². The van der Waals surface area contributed by atoms with Gasteiger partial charge in [-0.05, 0) is 75.7 Å². The van der Waals surface area contributed by atoms with Gasteiger partial charge in [-0.15, -0.1) is 0 Å². The summed E-state index contributed by atoms with van der Waals surface area (Å²) in [6.07, 6.45) is 2.39. The van der Waals surface area contributed by atoms with Gasteiger partial charge in [0.2, 0.25) is 0 Å². The minimum atomic E-state index is -0.785. The Kier molecular flexibility index (Phi) is 7.60. The molecule has 3 N–H and O–H groups in total. The molecule has 0 aliphatic rings. The van der Waals surface area contributed by atoms with Gasteiger partial charge in [-0.1, -0.05) is 6.07 Å². The van der Waals surface area contributed by atoms with E-state index in [1.54, 1.807) is 26.1 Å². The Labute approximate surface area is 209 Å². The van der Waals surface area contributed by atoms with E-state index in [0.717, 1.165) is 22.7 Å². The lowest BCUT2D eigenvalue weighted by molar-refractivity contribution is -0.128. The number of aromatic nitrogens is 3. The summed E-state index contributed by atoms with van der Waals surface area (Å²) in [6.45, 7) is 7.10. The molecule has 0 bridgehead atoms. The van der Waals surface area contributed by atoms with Gasteiger partial charge in [0.1, 0.15) is 29.4 Å². The lowest BCUT2D eigenvalue weighted by Gasteiger charge is -2.19. The number of hydrogen-bond acceptors (Lipinski definition) is 8. The molecule has 0 aliphatic heterocycles. The number of rotatable bonds is 9. The smallest absolute Gasteiger partial charge is 0.261 e. The van der Waals surface area contributed by atoms with Crippen molar-refractivity contribution in [3.05, 3.63) is 72.3 Å². The molecule has 2 atom stereocenters. The zero-order valence-electron chi connectivity index (χ0n) is 20.6. The SMILES string of the molecule is Cc1ccc(Oc2ccc(Nc3ncnc4cccc(O[C@H](C)C(=O)N[C@@H](C)CO)c34)cc2C)cn1. The van der Waals surface area contributed by atoms with Crippen LogP contribution < -0.4 is 20.1 Å². The fraction of sp³-hybridized carbons (Fsp3) is 0.259. The highest BCUT2D eigenvalue weighted by molar-refractivity contribution is 5.96. The number of aliphatic hydroxyl groups is 1. The number of amides is 1. The highest BCUT2D eigenvalue weighted by Crippen LogP contribution is 2.33. The molecule has 2 aromatic carbocycles. The van der Waals surface area contributed by atoms with E-state index in [0.29, 0.717) is 28.2 Å². The largest absolute Gasteiger partial charge is 0.480 e. The van der Waals surface area contributed by atoms with E-state index in [9.17, 15) is 9.90 Å². The molecule has 36 heavy (non-hydrogen) atoms. The van der Waals surface area contributed by atoms with E-state index in [4.69, 9.17) is 9.47 Å². The molecule has 4 aromatic rings. The fourth-order valence-electron chi connectivity index (χ4n) is 3.54. The number of nitrogens with one attached hydrogen (secondary N) is 2.